The van der Waals surface area contributed by atoms with Gasteiger partial charge >= 0.3 is 0 Å². The predicted octanol–water partition coefficient (Wildman–Crippen LogP) is 3.54. The lowest BCUT2D eigenvalue weighted by Gasteiger charge is -2.18. The van der Waals surface area contributed by atoms with Crippen LogP contribution in [0.4, 0.5) is 5.82 Å². The largest absolute Gasteiger partial charge is 0.383 e. The number of carbonyl (C=O) groups excluding carboxylic acids is 2. The fourth-order valence-corrected chi connectivity index (χ4v) is 4.81. The first-order valence-electron chi connectivity index (χ1n) is 11.9. The lowest BCUT2D eigenvalue weighted by atomic mass is 9.95. The van der Waals surface area contributed by atoms with Crippen molar-refractivity contribution in [2.75, 3.05) is 18.8 Å². The van der Waals surface area contributed by atoms with Crippen LogP contribution in [0, 0.1) is 5.92 Å². The minimum absolute atomic E-state index is 0.0288. The lowest BCUT2D eigenvalue weighted by Crippen LogP contribution is -2.29. The number of aromatic nitrogens is 3. The van der Waals surface area contributed by atoms with Crippen LogP contribution >= 0.6 is 0 Å². The Bertz CT molecular complexity index is 1410. The molecule has 2 aromatic carbocycles. The number of nitrogens with zero attached hydrogens (tertiary/aromatic N) is 4. The smallest absolute Gasteiger partial charge is 0.253 e. The van der Waals surface area contributed by atoms with Crippen molar-refractivity contribution in [3.63, 3.8) is 0 Å². The average molecular weight is 481 g/mol. The molecule has 0 spiro atoms. The number of hydrogen-bond acceptors (Lipinski definition) is 5. The molecule has 1 atom stereocenters. The van der Waals surface area contributed by atoms with Crippen molar-refractivity contribution in [1.82, 2.24) is 19.7 Å². The van der Waals surface area contributed by atoms with Gasteiger partial charge in [-0.15, -0.1) is 0 Å². The highest BCUT2D eigenvalue weighted by Gasteiger charge is 2.29. The van der Waals surface area contributed by atoms with Crippen LogP contribution in [0.15, 0.2) is 73.1 Å². The second-order valence-corrected chi connectivity index (χ2v) is 9.24. The molecule has 1 aliphatic heterocycles. The van der Waals surface area contributed by atoms with Gasteiger partial charge in [0.05, 0.1) is 17.5 Å². The molecule has 182 valence electrons. The van der Waals surface area contributed by atoms with Gasteiger partial charge in [0.25, 0.3) is 11.8 Å². The minimum Gasteiger partial charge on any atom is -0.383 e. The number of carbonyl (C=O) groups is 2. The number of pyridine rings is 1. The Morgan fingerprint density at radius 2 is 1.75 bits per heavy atom. The Morgan fingerprint density at radius 1 is 1.03 bits per heavy atom. The number of benzene rings is 2. The maximum absolute atomic E-state index is 13.2. The maximum atomic E-state index is 13.2. The van der Waals surface area contributed by atoms with E-state index in [0.29, 0.717) is 25.1 Å². The molecule has 2 amide bonds. The van der Waals surface area contributed by atoms with Crippen LogP contribution in [0.5, 0.6) is 0 Å². The van der Waals surface area contributed by atoms with E-state index in [0.717, 1.165) is 34.4 Å². The van der Waals surface area contributed by atoms with Crippen LogP contribution in [0.25, 0.3) is 22.3 Å². The molecule has 5 rings (SSSR count). The van der Waals surface area contributed by atoms with Crippen molar-refractivity contribution in [3.05, 3.63) is 89.9 Å². The fourth-order valence-electron chi connectivity index (χ4n) is 4.81. The van der Waals surface area contributed by atoms with Crippen LogP contribution < -0.4 is 11.5 Å². The quantitative estimate of drug-likeness (QED) is 0.437. The van der Waals surface area contributed by atoms with E-state index in [-0.39, 0.29) is 23.2 Å². The molecule has 0 radical (unpaired) electrons. The molecule has 0 bridgehead atoms. The molecule has 1 fully saturated rings. The van der Waals surface area contributed by atoms with Crippen molar-refractivity contribution in [1.29, 1.82) is 0 Å². The summed E-state index contributed by atoms with van der Waals surface area (Å²) in [4.78, 5) is 31.5. The summed E-state index contributed by atoms with van der Waals surface area (Å²) in [6.45, 7) is 1.31. The zero-order chi connectivity index (χ0) is 25.2. The van der Waals surface area contributed by atoms with Gasteiger partial charge in [0, 0.05) is 43.0 Å². The molecule has 3 heterocycles. The minimum atomic E-state index is -0.618. The van der Waals surface area contributed by atoms with Gasteiger partial charge in [0.15, 0.2) is 0 Å². The standard InChI is InChI=1S/C28H28N6O2/c1-33-17-22(15-31-33)23-14-24(27(30)35)26(29)32-25(23)13-18-11-12-34(16-18)28(36)21-9-7-20(8-10-21)19-5-3-2-4-6-19/h2-10,14-15,17-18H,11-13,16H2,1H3,(H2,29,32)(H2,30,35). The molecule has 2 aromatic heterocycles. The Balaban J connectivity index is 1.32. The lowest BCUT2D eigenvalue weighted by molar-refractivity contribution is 0.0786. The van der Waals surface area contributed by atoms with Gasteiger partial charge < -0.3 is 16.4 Å². The number of amides is 2. The third-order valence-electron chi connectivity index (χ3n) is 6.71. The highest BCUT2D eigenvalue weighted by molar-refractivity contribution is 5.98. The number of aryl methyl sites for hydroxylation is 1. The summed E-state index contributed by atoms with van der Waals surface area (Å²) in [5.74, 6) is -0.248. The average Bonchev–Trinajstić information content (AvgIpc) is 3.53. The zero-order valence-electron chi connectivity index (χ0n) is 20.1. The molecule has 8 nitrogen and oxygen atoms in total. The van der Waals surface area contributed by atoms with Crippen LogP contribution in [-0.2, 0) is 13.5 Å². The van der Waals surface area contributed by atoms with Gasteiger partial charge in [-0.1, -0.05) is 42.5 Å². The van der Waals surface area contributed by atoms with Crippen LogP contribution in [0.2, 0.25) is 0 Å². The van der Waals surface area contributed by atoms with E-state index in [1.807, 2.05) is 60.6 Å². The molecule has 1 saturated heterocycles. The fraction of sp³-hybridized carbons (Fsp3) is 0.214. The van der Waals surface area contributed by atoms with Gasteiger partial charge in [-0.3, -0.25) is 14.3 Å². The van der Waals surface area contributed by atoms with Crippen molar-refractivity contribution >= 4 is 17.6 Å². The summed E-state index contributed by atoms with van der Waals surface area (Å²) in [5.41, 5.74) is 17.0. The molecule has 4 aromatic rings. The van der Waals surface area contributed by atoms with Crippen molar-refractivity contribution < 1.29 is 9.59 Å². The first kappa shape index (κ1) is 23.3. The summed E-state index contributed by atoms with van der Waals surface area (Å²) < 4.78 is 1.69. The zero-order valence-corrected chi connectivity index (χ0v) is 20.1. The number of nitrogen functional groups attached to an aromatic ring is 1. The molecule has 1 unspecified atom stereocenters. The van der Waals surface area contributed by atoms with Crippen molar-refractivity contribution in [3.8, 4) is 22.3 Å². The van der Waals surface area contributed by atoms with Crippen molar-refractivity contribution in [2.45, 2.75) is 12.8 Å². The topological polar surface area (TPSA) is 120 Å². The van der Waals surface area contributed by atoms with E-state index in [1.54, 1.807) is 16.9 Å². The number of likely N-dealkylation sites (tertiary alicyclic amines) is 1. The van der Waals surface area contributed by atoms with Gasteiger partial charge in [-0.25, -0.2) is 4.98 Å². The number of hydrogen-bond donors (Lipinski definition) is 2. The Morgan fingerprint density at radius 3 is 2.42 bits per heavy atom. The number of primary amides is 1. The Kier molecular flexibility index (Phi) is 6.25. The summed E-state index contributed by atoms with van der Waals surface area (Å²) in [6.07, 6.45) is 5.08. The van der Waals surface area contributed by atoms with Gasteiger partial charge in [-0.05, 0) is 48.1 Å². The second-order valence-electron chi connectivity index (χ2n) is 9.24. The summed E-state index contributed by atoms with van der Waals surface area (Å²) >= 11 is 0. The highest BCUT2D eigenvalue weighted by Crippen LogP contribution is 2.30. The summed E-state index contributed by atoms with van der Waals surface area (Å²) in [7, 11) is 1.83. The molecular weight excluding hydrogens is 452 g/mol. The molecule has 4 N–H and O–H groups in total. The van der Waals surface area contributed by atoms with Gasteiger partial charge in [0.1, 0.15) is 5.82 Å². The highest BCUT2D eigenvalue weighted by atomic mass is 16.2. The van der Waals surface area contributed by atoms with E-state index in [4.69, 9.17) is 11.5 Å². The Hall–Kier alpha value is -4.46. The molecule has 8 heteroatoms. The van der Waals surface area contributed by atoms with Crippen LogP contribution in [0.3, 0.4) is 0 Å². The van der Waals surface area contributed by atoms with E-state index >= 15 is 0 Å². The van der Waals surface area contributed by atoms with Crippen molar-refractivity contribution in [2.24, 2.45) is 18.7 Å². The third kappa shape index (κ3) is 4.70. The molecule has 1 aliphatic rings. The van der Waals surface area contributed by atoms with E-state index in [1.165, 1.54) is 0 Å². The van der Waals surface area contributed by atoms with E-state index < -0.39 is 5.91 Å². The number of anilines is 1. The first-order chi connectivity index (χ1) is 17.4. The predicted molar refractivity (Wildman–Crippen MR) is 139 cm³/mol. The van der Waals surface area contributed by atoms with E-state index in [9.17, 15) is 9.59 Å². The SMILES string of the molecule is Cn1cc(-c2cc(C(N)=O)c(N)nc2CC2CCN(C(=O)c3ccc(-c4ccccc4)cc3)C2)cn1. The number of rotatable bonds is 6. The monoisotopic (exact) mass is 480 g/mol. The van der Waals surface area contributed by atoms with Crippen LogP contribution in [0.1, 0.15) is 32.8 Å². The maximum Gasteiger partial charge on any atom is 0.253 e. The van der Waals surface area contributed by atoms with Gasteiger partial charge in [0.2, 0.25) is 0 Å². The Labute approximate surface area is 209 Å². The molecule has 0 saturated carbocycles. The normalized spacial score (nSPS) is 15.2. The second kappa shape index (κ2) is 9.65. The molecule has 0 aliphatic carbocycles. The number of nitrogens with two attached hydrogens (primary N) is 2. The van der Waals surface area contributed by atoms with Gasteiger partial charge in [-0.2, -0.15) is 5.10 Å². The third-order valence-corrected chi connectivity index (χ3v) is 6.71. The van der Waals surface area contributed by atoms with E-state index in [2.05, 4.69) is 22.2 Å². The first-order valence-corrected chi connectivity index (χ1v) is 11.9. The summed E-state index contributed by atoms with van der Waals surface area (Å²) in [6, 6.07) is 19.6. The van der Waals surface area contributed by atoms with Crippen LogP contribution in [-0.4, -0.2) is 44.6 Å². The summed E-state index contributed by atoms with van der Waals surface area (Å²) in [5, 5.41) is 4.25. The molecule has 36 heavy (non-hydrogen) atoms. The molecular formula is C28H28N6O2.